The molecule has 5 heterocycles. The van der Waals surface area contributed by atoms with Crippen molar-refractivity contribution in [3.05, 3.63) is 36.0 Å². The Balaban J connectivity index is 1.35. The minimum atomic E-state index is -1.24. The van der Waals surface area contributed by atoms with E-state index >= 15 is 0 Å². The van der Waals surface area contributed by atoms with Crippen LogP contribution in [0.1, 0.15) is 57.9 Å². The second kappa shape index (κ2) is 15.2. The van der Waals surface area contributed by atoms with E-state index in [-0.39, 0.29) is 50.8 Å². The summed E-state index contributed by atoms with van der Waals surface area (Å²) in [7, 11) is 0. The van der Waals surface area contributed by atoms with E-state index in [9.17, 15) is 33.9 Å². The normalized spacial score (nSPS) is 30.1. The molecule has 0 aliphatic carbocycles. The lowest BCUT2D eigenvalue weighted by Crippen LogP contribution is -2.60. The zero-order chi connectivity index (χ0) is 35.5. The molecule has 15 heteroatoms. The van der Waals surface area contributed by atoms with E-state index < -0.39 is 78.5 Å². The summed E-state index contributed by atoms with van der Waals surface area (Å²) in [4.78, 5) is 87.4. The number of aliphatic hydroxyl groups excluding tert-OH is 1. The molecule has 6 N–H and O–H groups in total. The van der Waals surface area contributed by atoms with Crippen LogP contribution in [0.4, 0.5) is 0 Å². The predicted molar refractivity (Wildman–Crippen MR) is 180 cm³/mol. The Morgan fingerprint density at radius 1 is 0.960 bits per heavy atom. The molecule has 15 nitrogen and oxygen atoms in total. The van der Waals surface area contributed by atoms with Crippen LogP contribution >= 0.6 is 0 Å². The molecule has 1 aromatic heterocycles. The monoisotopic (exact) mass is 693 g/mol. The molecule has 4 fully saturated rings. The summed E-state index contributed by atoms with van der Waals surface area (Å²) in [5, 5.41) is 23.6. The minimum Gasteiger partial charge on any atom is -0.388 e. The van der Waals surface area contributed by atoms with Crippen molar-refractivity contribution >= 4 is 46.3 Å². The molecule has 2 aromatic rings. The molecule has 4 aliphatic rings. The number of fused-ring (bicyclic) bond motifs is 4. The number of aromatic nitrogens is 1. The Bertz CT molecular complexity index is 1630. The van der Waals surface area contributed by atoms with Crippen molar-refractivity contribution in [3.63, 3.8) is 0 Å². The lowest BCUT2D eigenvalue weighted by molar-refractivity contribution is -0.147. The third-order valence-electron chi connectivity index (χ3n) is 10.1. The zero-order valence-corrected chi connectivity index (χ0v) is 28.5. The topological polar surface area (TPSA) is 202 Å². The van der Waals surface area contributed by atoms with Gasteiger partial charge in [-0.3, -0.25) is 28.8 Å². The molecule has 2 bridgehead atoms. The average Bonchev–Trinajstić information content (AvgIpc) is 3.85. The standard InChI is InChI=1S/C35H47N7O8/c1-19(2)14-25-32(46)39-23-11-13-50-28(31(23)45)17-41(34(48)24-9-10-29(43)37-24)18-30(44)38-26(15-20-16-36-22-7-4-3-6-21(20)22)35(49)42-12-5-8-27(42)33(47)40-25/h3-4,6-7,16,19,23-28,31,36,45H,5,8-15,17-18H2,1-2H3,(H,37,43)(H,38,44)(H,39,46)(H,40,47)/t23-,24-,25+,26+,27+,28+,31-/m0/s1. The maximum Gasteiger partial charge on any atom is 0.246 e. The lowest BCUT2D eigenvalue weighted by Gasteiger charge is -2.38. The maximum absolute atomic E-state index is 14.4. The Kier molecular flexibility index (Phi) is 10.7. The van der Waals surface area contributed by atoms with Crippen molar-refractivity contribution < 1.29 is 38.6 Å². The fourth-order valence-electron chi connectivity index (χ4n) is 7.55. The highest BCUT2D eigenvalue weighted by atomic mass is 16.5. The molecule has 270 valence electrons. The largest absolute Gasteiger partial charge is 0.388 e. The maximum atomic E-state index is 14.4. The van der Waals surface area contributed by atoms with Gasteiger partial charge in [0.2, 0.25) is 35.4 Å². The van der Waals surface area contributed by atoms with Gasteiger partial charge in [-0.25, -0.2) is 0 Å². The first-order valence-corrected chi connectivity index (χ1v) is 17.6. The van der Waals surface area contributed by atoms with Crippen LogP contribution in [0.2, 0.25) is 0 Å². The number of aromatic amines is 1. The molecular weight excluding hydrogens is 646 g/mol. The van der Waals surface area contributed by atoms with Crippen LogP contribution in [-0.4, -0.2) is 124 Å². The molecule has 0 spiro atoms. The van der Waals surface area contributed by atoms with Crippen LogP contribution in [0.25, 0.3) is 10.9 Å². The van der Waals surface area contributed by atoms with Gasteiger partial charge in [-0.05, 0) is 49.7 Å². The summed E-state index contributed by atoms with van der Waals surface area (Å²) in [5.74, 6) is -2.76. The number of ether oxygens (including phenoxy) is 1. The summed E-state index contributed by atoms with van der Waals surface area (Å²) >= 11 is 0. The number of hydrogen-bond donors (Lipinski definition) is 6. The van der Waals surface area contributed by atoms with E-state index in [1.54, 1.807) is 6.20 Å². The highest BCUT2D eigenvalue weighted by Crippen LogP contribution is 2.24. The third kappa shape index (κ3) is 7.78. The summed E-state index contributed by atoms with van der Waals surface area (Å²) in [6.45, 7) is 3.64. The highest BCUT2D eigenvalue weighted by molar-refractivity contribution is 5.97. The van der Waals surface area contributed by atoms with E-state index in [0.29, 0.717) is 25.7 Å². The van der Waals surface area contributed by atoms with Crippen molar-refractivity contribution in [2.75, 3.05) is 26.2 Å². The summed E-state index contributed by atoms with van der Waals surface area (Å²) < 4.78 is 5.88. The Morgan fingerprint density at radius 2 is 1.76 bits per heavy atom. The number of benzene rings is 1. The molecule has 6 rings (SSSR count). The van der Waals surface area contributed by atoms with Gasteiger partial charge in [-0.2, -0.15) is 0 Å². The summed E-state index contributed by atoms with van der Waals surface area (Å²) in [6.07, 6.45) is 1.66. The third-order valence-corrected chi connectivity index (χ3v) is 10.1. The van der Waals surface area contributed by atoms with Crippen molar-refractivity contribution in [3.8, 4) is 0 Å². The van der Waals surface area contributed by atoms with Crippen molar-refractivity contribution in [2.24, 2.45) is 5.92 Å². The van der Waals surface area contributed by atoms with Crippen molar-refractivity contribution in [1.82, 2.24) is 36.1 Å². The smallest absolute Gasteiger partial charge is 0.246 e. The van der Waals surface area contributed by atoms with Crippen molar-refractivity contribution in [2.45, 2.75) is 101 Å². The summed E-state index contributed by atoms with van der Waals surface area (Å²) in [6, 6.07) is 3.11. The van der Waals surface area contributed by atoms with E-state index in [1.165, 1.54) is 9.80 Å². The quantitative estimate of drug-likeness (QED) is 0.240. The van der Waals surface area contributed by atoms with E-state index in [2.05, 4.69) is 26.3 Å². The van der Waals surface area contributed by atoms with Gasteiger partial charge in [0, 0.05) is 43.1 Å². The van der Waals surface area contributed by atoms with Crippen molar-refractivity contribution in [1.29, 1.82) is 0 Å². The summed E-state index contributed by atoms with van der Waals surface area (Å²) in [5.41, 5.74) is 1.64. The van der Waals surface area contributed by atoms with E-state index in [1.807, 2.05) is 38.1 Å². The number of H-pyrrole nitrogens is 1. The molecule has 6 amide bonds. The molecular formula is C35H47N7O8. The minimum absolute atomic E-state index is 0.0419. The van der Waals surface area contributed by atoms with Gasteiger partial charge in [0.05, 0.1) is 19.1 Å². The number of amides is 6. The molecule has 7 atom stereocenters. The number of nitrogens with one attached hydrogen (secondary N) is 5. The molecule has 4 aliphatic heterocycles. The van der Waals surface area contributed by atoms with Gasteiger partial charge in [0.25, 0.3) is 0 Å². The first kappa shape index (κ1) is 35.3. The average molecular weight is 694 g/mol. The first-order valence-electron chi connectivity index (χ1n) is 17.6. The van der Waals surface area contributed by atoms with Crippen LogP contribution in [0.5, 0.6) is 0 Å². The second-order valence-corrected chi connectivity index (χ2v) is 14.2. The Labute approximate surface area is 290 Å². The second-order valence-electron chi connectivity index (χ2n) is 14.2. The van der Waals surface area contributed by atoms with Gasteiger partial charge in [0.15, 0.2) is 0 Å². The Morgan fingerprint density at radius 3 is 2.52 bits per heavy atom. The first-order chi connectivity index (χ1) is 24.0. The fraction of sp³-hybridized carbons (Fsp3) is 0.600. The molecule has 0 unspecified atom stereocenters. The van der Waals surface area contributed by atoms with Gasteiger partial charge in [-0.15, -0.1) is 0 Å². The number of rotatable bonds is 5. The number of carbonyl (C=O) groups is 6. The molecule has 0 saturated carbocycles. The van der Waals surface area contributed by atoms with Crippen LogP contribution in [0.3, 0.4) is 0 Å². The van der Waals surface area contributed by atoms with Gasteiger partial charge >= 0.3 is 0 Å². The van der Waals surface area contributed by atoms with Gasteiger partial charge in [0.1, 0.15) is 36.4 Å². The molecule has 50 heavy (non-hydrogen) atoms. The molecule has 1 aromatic carbocycles. The van der Waals surface area contributed by atoms with Gasteiger partial charge in [-0.1, -0.05) is 32.0 Å². The molecule has 4 saturated heterocycles. The van der Waals surface area contributed by atoms with E-state index in [0.717, 1.165) is 16.5 Å². The lowest BCUT2D eigenvalue weighted by atomic mass is 9.97. The van der Waals surface area contributed by atoms with Crippen LogP contribution < -0.4 is 21.3 Å². The number of para-hydroxylation sites is 1. The van der Waals surface area contributed by atoms with Crippen LogP contribution in [-0.2, 0) is 39.9 Å². The zero-order valence-electron chi connectivity index (χ0n) is 28.5. The SMILES string of the molecule is CC(C)C[C@H]1NC(=O)[C@H]2CCCN2C(=O)[C@@H](Cc2c[nH]c3ccccc23)NC(=O)CN(C(=O)[C@@H]2CCC(=O)N2)C[C@H]2OCC[C@H](NC1=O)[C@@H]2O. The Hall–Kier alpha value is -4.50. The number of carbonyl (C=O) groups excluding carboxylic acids is 6. The highest BCUT2D eigenvalue weighted by Gasteiger charge is 2.42. The van der Waals surface area contributed by atoms with E-state index in [4.69, 9.17) is 4.74 Å². The van der Waals surface area contributed by atoms with Gasteiger partial charge < -0.3 is 45.9 Å². The van der Waals surface area contributed by atoms with Crippen LogP contribution in [0.15, 0.2) is 30.5 Å². The predicted octanol–water partition coefficient (Wildman–Crippen LogP) is -0.527. The number of nitrogens with zero attached hydrogens (tertiary/aromatic N) is 2. The number of aliphatic hydroxyl groups is 1. The number of hydrogen-bond acceptors (Lipinski definition) is 8. The van der Waals surface area contributed by atoms with Crippen LogP contribution in [0, 0.1) is 5.92 Å². The molecule has 0 radical (unpaired) electrons. The fourth-order valence-corrected chi connectivity index (χ4v) is 7.55.